The third kappa shape index (κ3) is 11.6. The molecule has 4 aromatic heterocycles. The predicted octanol–water partition coefficient (Wildman–Crippen LogP) is 7.16. The first-order valence-electron chi connectivity index (χ1n) is 20.2. The molecule has 2 amide bonds. The Balaban J connectivity index is 0.000000182. The minimum atomic E-state index is -0.539. The summed E-state index contributed by atoms with van der Waals surface area (Å²) >= 11 is 3.41. The maximum atomic E-state index is 12.9. The maximum Gasteiger partial charge on any atom is 0.410 e. The van der Waals surface area contributed by atoms with Gasteiger partial charge in [-0.2, -0.15) is 0 Å². The molecule has 0 aliphatic carbocycles. The number of terminal acetylenes is 1. The Kier molecular flexibility index (Phi) is 13.8. The quantitative estimate of drug-likeness (QED) is 0.164. The SMILES string of the molecule is C#Cc1ccccn1.Cn1c(C2CN(C(=O)OC(C)(C)C)C2)nc2cc(Br)ccc2c1=O.Cn1c(C2CN(C(=O)OC(C)(C)C)C2)nc2cc(C#Cc3ccccn3)ccc2c1=O. The fourth-order valence-electron chi connectivity index (χ4n) is 6.61. The van der Waals surface area contributed by atoms with Gasteiger partial charge in [-0.25, -0.2) is 29.5 Å². The van der Waals surface area contributed by atoms with Crippen LogP contribution in [0.3, 0.4) is 0 Å². The molecule has 0 spiro atoms. The Morgan fingerprint density at radius 2 is 1.13 bits per heavy atom. The Labute approximate surface area is 374 Å². The zero-order valence-electron chi connectivity index (χ0n) is 36.5. The van der Waals surface area contributed by atoms with Crippen molar-refractivity contribution in [3.63, 3.8) is 0 Å². The highest BCUT2D eigenvalue weighted by Gasteiger charge is 2.38. The van der Waals surface area contributed by atoms with Gasteiger partial charge in [0.05, 0.1) is 33.6 Å². The molecule has 0 N–H and O–H groups in total. The van der Waals surface area contributed by atoms with Crippen molar-refractivity contribution in [1.82, 2.24) is 38.9 Å². The number of halogens is 1. The molecule has 2 aliphatic heterocycles. The molecule has 2 saturated heterocycles. The van der Waals surface area contributed by atoms with Gasteiger partial charge < -0.3 is 19.3 Å². The first-order chi connectivity index (χ1) is 29.8. The maximum absolute atomic E-state index is 12.9. The van der Waals surface area contributed by atoms with Crippen LogP contribution in [-0.2, 0) is 23.6 Å². The zero-order valence-corrected chi connectivity index (χ0v) is 38.1. The average molecular weight is 914 g/mol. The van der Waals surface area contributed by atoms with Crippen LogP contribution in [0.5, 0.6) is 0 Å². The molecule has 8 rings (SSSR count). The molecule has 2 aliphatic rings. The Morgan fingerprint density at radius 1 is 0.667 bits per heavy atom. The van der Waals surface area contributed by atoms with E-state index in [0.29, 0.717) is 71.0 Å². The minimum absolute atomic E-state index is 0.0159. The summed E-state index contributed by atoms with van der Waals surface area (Å²) in [6.45, 7) is 13.0. The second-order valence-electron chi connectivity index (χ2n) is 17.1. The molecule has 0 unspecified atom stereocenters. The summed E-state index contributed by atoms with van der Waals surface area (Å²) in [6.07, 6.45) is 7.74. The van der Waals surface area contributed by atoms with E-state index in [1.807, 2.05) is 96.1 Å². The van der Waals surface area contributed by atoms with Crippen LogP contribution in [-0.4, -0.2) is 88.4 Å². The van der Waals surface area contributed by atoms with Crippen LogP contribution in [0.2, 0.25) is 0 Å². The summed E-state index contributed by atoms with van der Waals surface area (Å²) < 4.78 is 14.8. The van der Waals surface area contributed by atoms with Gasteiger partial charge in [-0.05, 0) is 108 Å². The monoisotopic (exact) mass is 912 g/mol. The number of hydrogen-bond donors (Lipinski definition) is 0. The summed E-state index contributed by atoms with van der Waals surface area (Å²) in [5.41, 5.74) is 2.15. The molecular weight excluding hydrogens is 864 g/mol. The second kappa shape index (κ2) is 19.1. The summed E-state index contributed by atoms with van der Waals surface area (Å²) in [6, 6.07) is 21.9. The van der Waals surface area contributed by atoms with Gasteiger partial charge in [0.15, 0.2) is 0 Å². The van der Waals surface area contributed by atoms with Crippen LogP contribution in [0.4, 0.5) is 9.59 Å². The van der Waals surface area contributed by atoms with Crippen molar-refractivity contribution in [2.75, 3.05) is 26.2 Å². The van der Waals surface area contributed by atoms with E-state index in [1.165, 1.54) is 0 Å². The van der Waals surface area contributed by atoms with Crippen LogP contribution in [0.1, 0.15) is 82.0 Å². The fraction of sp³-hybridized carbons (Fsp3) is 0.333. The topological polar surface area (TPSA) is 155 Å². The number of likely N-dealkylation sites (tertiary alicyclic amines) is 2. The molecule has 6 aromatic rings. The Bertz CT molecular complexity index is 2870. The van der Waals surface area contributed by atoms with E-state index in [4.69, 9.17) is 20.9 Å². The first-order valence-corrected chi connectivity index (χ1v) is 21.0. The van der Waals surface area contributed by atoms with Crippen molar-refractivity contribution in [2.24, 2.45) is 14.1 Å². The third-order valence-corrected chi connectivity index (χ3v) is 10.3. The number of pyridine rings is 2. The molecule has 6 heterocycles. The summed E-state index contributed by atoms with van der Waals surface area (Å²) in [5, 5.41) is 1.13. The van der Waals surface area contributed by atoms with Gasteiger partial charge in [0.1, 0.15) is 34.2 Å². The zero-order chi connectivity index (χ0) is 45.6. The first kappa shape index (κ1) is 45.7. The van der Waals surface area contributed by atoms with Crippen molar-refractivity contribution >= 4 is 49.9 Å². The molecular formula is C48H49BrN8O6. The normalized spacial score (nSPS) is 13.8. The number of aromatic nitrogens is 6. The van der Waals surface area contributed by atoms with Gasteiger partial charge in [0.25, 0.3) is 11.1 Å². The van der Waals surface area contributed by atoms with Gasteiger partial charge in [-0.3, -0.25) is 18.7 Å². The van der Waals surface area contributed by atoms with E-state index < -0.39 is 11.2 Å². The van der Waals surface area contributed by atoms with E-state index in [1.54, 1.807) is 63.6 Å². The van der Waals surface area contributed by atoms with Gasteiger partial charge in [0.2, 0.25) is 0 Å². The largest absolute Gasteiger partial charge is 0.444 e. The third-order valence-electron chi connectivity index (χ3n) is 9.79. The molecule has 0 bridgehead atoms. The van der Waals surface area contributed by atoms with Crippen molar-refractivity contribution in [3.8, 4) is 24.2 Å². The molecule has 63 heavy (non-hydrogen) atoms. The standard InChI is InChI=1S/C24H24N4O3.C17H20BrN3O3.C7H5N/c1-24(2,3)31-23(30)28-14-17(15-28)21-26-20-13-16(8-10-18-7-5-6-12-25-18)9-11-19(20)22(29)27(21)4;1-17(2,3)24-16(23)21-8-10(9-21)14-19-13-7-11(18)5-6-12(13)15(22)20(14)4;1-2-7-5-3-4-6-8-7/h5-7,9,11-13,17H,14-15H2,1-4H3;5-7,10H,8-9H2,1-4H3;1,3-6H. The lowest BCUT2D eigenvalue weighted by Gasteiger charge is -2.39. The number of carbonyl (C=O) groups is 2. The lowest BCUT2D eigenvalue weighted by Crippen LogP contribution is -2.51. The average Bonchev–Trinajstić information content (AvgIpc) is 3.19. The minimum Gasteiger partial charge on any atom is -0.444 e. The molecule has 15 heteroatoms. The highest BCUT2D eigenvalue weighted by Crippen LogP contribution is 2.29. The van der Waals surface area contributed by atoms with Gasteiger partial charge in [-0.15, -0.1) is 6.42 Å². The van der Waals surface area contributed by atoms with E-state index in [2.05, 4.69) is 48.6 Å². The summed E-state index contributed by atoms with van der Waals surface area (Å²) in [5.74, 6) is 9.89. The molecule has 0 saturated carbocycles. The molecule has 324 valence electrons. The van der Waals surface area contributed by atoms with Crippen molar-refractivity contribution < 1.29 is 19.1 Å². The van der Waals surface area contributed by atoms with E-state index >= 15 is 0 Å². The smallest absolute Gasteiger partial charge is 0.410 e. The Hall–Kier alpha value is -6.84. The number of ether oxygens (including phenoxy) is 2. The van der Waals surface area contributed by atoms with Crippen LogP contribution in [0.25, 0.3) is 21.8 Å². The summed E-state index contributed by atoms with van der Waals surface area (Å²) in [4.78, 5) is 70.3. The highest BCUT2D eigenvalue weighted by atomic mass is 79.9. The number of fused-ring (bicyclic) bond motifs is 2. The number of amides is 2. The van der Waals surface area contributed by atoms with Gasteiger partial charge >= 0.3 is 12.2 Å². The summed E-state index contributed by atoms with van der Waals surface area (Å²) in [7, 11) is 3.44. The number of rotatable bonds is 2. The van der Waals surface area contributed by atoms with Crippen molar-refractivity contribution in [3.05, 3.63) is 139 Å². The van der Waals surface area contributed by atoms with Crippen molar-refractivity contribution in [2.45, 2.75) is 64.6 Å². The van der Waals surface area contributed by atoms with Crippen molar-refractivity contribution in [1.29, 1.82) is 0 Å². The van der Waals surface area contributed by atoms with E-state index in [-0.39, 0.29) is 35.1 Å². The van der Waals surface area contributed by atoms with E-state index in [9.17, 15) is 19.2 Å². The van der Waals surface area contributed by atoms with Gasteiger partial charge in [0, 0.05) is 62.7 Å². The van der Waals surface area contributed by atoms with Crippen LogP contribution < -0.4 is 11.1 Å². The molecule has 2 fully saturated rings. The van der Waals surface area contributed by atoms with Crippen LogP contribution >= 0.6 is 15.9 Å². The molecule has 0 radical (unpaired) electrons. The highest BCUT2D eigenvalue weighted by molar-refractivity contribution is 9.10. The predicted molar refractivity (Wildman–Crippen MR) is 245 cm³/mol. The van der Waals surface area contributed by atoms with Crippen LogP contribution in [0, 0.1) is 24.2 Å². The molecule has 2 aromatic carbocycles. The second-order valence-corrected chi connectivity index (χ2v) is 18.0. The Morgan fingerprint density at radius 3 is 1.56 bits per heavy atom. The van der Waals surface area contributed by atoms with E-state index in [0.717, 1.165) is 10.0 Å². The number of benzene rings is 2. The number of hydrogen-bond acceptors (Lipinski definition) is 10. The molecule has 14 nitrogen and oxygen atoms in total. The van der Waals surface area contributed by atoms with Gasteiger partial charge in [-0.1, -0.05) is 39.9 Å². The lowest BCUT2D eigenvalue weighted by molar-refractivity contribution is 0.00630. The van der Waals surface area contributed by atoms with Crippen LogP contribution in [0.15, 0.2) is 99.3 Å². The number of nitrogens with zero attached hydrogens (tertiary/aromatic N) is 8. The molecule has 0 atom stereocenters. The number of carbonyl (C=O) groups excluding carboxylic acids is 2. The lowest BCUT2D eigenvalue weighted by atomic mass is 9.99. The fourth-order valence-corrected chi connectivity index (χ4v) is 6.96.